The van der Waals surface area contributed by atoms with E-state index in [1.807, 2.05) is 48.5 Å². The van der Waals surface area contributed by atoms with Crippen molar-refractivity contribution in [2.24, 2.45) is 5.73 Å². The van der Waals surface area contributed by atoms with E-state index >= 15 is 0 Å². The molecule has 2 heterocycles. The average molecular weight is 446 g/mol. The van der Waals surface area contributed by atoms with Crippen LogP contribution in [0, 0.1) is 0 Å². The van der Waals surface area contributed by atoms with Crippen molar-refractivity contribution in [3.63, 3.8) is 0 Å². The van der Waals surface area contributed by atoms with Crippen LogP contribution in [0.4, 0.5) is 0 Å². The SMILES string of the molecule is N[C@H]1CCN(C(=O)c2ccc(S(=O)(=O)n3cc(-c4ccccc4)c4ccccc43)cc2)C1. The van der Waals surface area contributed by atoms with Gasteiger partial charge in [-0.15, -0.1) is 0 Å². The summed E-state index contributed by atoms with van der Waals surface area (Å²) in [5, 5.41) is 0.861. The van der Waals surface area contributed by atoms with Gasteiger partial charge < -0.3 is 10.6 Å². The van der Waals surface area contributed by atoms with Crippen molar-refractivity contribution in [2.75, 3.05) is 13.1 Å². The quantitative estimate of drug-likeness (QED) is 0.519. The lowest BCUT2D eigenvalue weighted by Gasteiger charge is -2.16. The van der Waals surface area contributed by atoms with E-state index in [2.05, 4.69) is 0 Å². The Balaban J connectivity index is 1.53. The summed E-state index contributed by atoms with van der Waals surface area (Å²) in [5.41, 5.74) is 8.76. The highest BCUT2D eigenvalue weighted by molar-refractivity contribution is 7.90. The van der Waals surface area contributed by atoms with Crippen molar-refractivity contribution in [3.05, 3.63) is 90.6 Å². The molecule has 1 saturated heterocycles. The topological polar surface area (TPSA) is 85.4 Å². The minimum Gasteiger partial charge on any atom is -0.337 e. The third-order valence-electron chi connectivity index (χ3n) is 5.93. The van der Waals surface area contributed by atoms with Gasteiger partial charge in [0.2, 0.25) is 0 Å². The molecule has 0 radical (unpaired) electrons. The fourth-order valence-electron chi connectivity index (χ4n) is 4.23. The van der Waals surface area contributed by atoms with E-state index in [0.717, 1.165) is 22.9 Å². The van der Waals surface area contributed by atoms with Gasteiger partial charge in [0, 0.05) is 41.8 Å². The van der Waals surface area contributed by atoms with E-state index in [9.17, 15) is 13.2 Å². The fourth-order valence-corrected chi connectivity index (χ4v) is 5.60. The molecule has 0 bridgehead atoms. The Kier molecular flexibility index (Phi) is 5.07. The Labute approximate surface area is 186 Å². The Hall–Kier alpha value is -3.42. The van der Waals surface area contributed by atoms with Crippen molar-refractivity contribution in [3.8, 4) is 11.1 Å². The van der Waals surface area contributed by atoms with E-state index in [4.69, 9.17) is 5.73 Å². The van der Waals surface area contributed by atoms with E-state index < -0.39 is 10.0 Å². The lowest BCUT2D eigenvalue weighted by molar-refractivity contribution is 0.0791. The average Bonchev–Trinajstić information content (AvgIpc) is 3.43. The molecule has 2 N–H and O–H groups in total. The van der Waals surface area contributed by atoms with Crippen molar-refractivity contribution in [1.82, 2.24) is 8.87 Å². The molecule has 7 heteroatoms. The highest BCUT2D eigenvalue weighted by atomic mass is 32.2. The second-order valence-corrected chi connectivity index (χ2v) is 9.87. The molecule has 1 aliphatic heterocycles. The minimum atomic E-state index is -3.85. The molecule has 1 amide bonds. The van der Waals surface area contributed by atoms with Gasteiger partial charge in [0.1, 0.15) is 0 Å². The van der Waals surface area contributed by atoms with Gasteiger partial charge >= 0.3 is 0 Å². The summed E-state index contributed by atoms with van der Waals surface area (Å²) >= 11 is 0. The molecule has 0 aliphatic carbocycles. The van der Waals surface area contributed by atoms with Crippen LogP contribution < -0.4 is 5.73 Å². The lowest BCUT2D eigenvalue weighted by atomic mass is 10.1. The number of carbonyl (C=O) groups excluding carboxylic acids is 1. The first kappa shape index (κ1) is 20.5. The van der Waals surface area contributed by atoms with Gasteiger partial charge in [-0.2, -0.15) is 0 Å². The zero-order valence-corrected chi connectivity index (χ0v) is 18.2. The van der Waals surface area contributed by atoms with Crippen LogP contribution in [-0.2, 0) is 10.0 Å². The summed E-state index contributed by atoms with van der Waals surface area (Å²) in [5.74, 6) is -0.125. The molecule has 5 rings (SSSR count). The number of likely N-dealkylation sites (tertiary alicyclic amines) is 1. The van der Waals surface area contributed by atoms with Gasteiger partial charge in [0.25, 0.3) is 15.9 Å². The van der Waals surface area contributed by atoms with Crippen LogP contribution in [0.25, 0.3) is 22.0 Å². The monoisotopic (exact) mass is 445 g/mol. The molecule has 3 aromatic carbocycles. The normalized spacial score (nSPS) is 16.5. The molecule has 162 valence electrons. The maximum absolute atomic E-state index is 13.5. The van der Waals surface area contributed by atoms with Gasteiger partial charge in [0.15, 0.2) is 0 Å². The number of nitrogens with two attached hydrogens (primary N) is 1. The summed E-state index contributed by atoms with van der Waals surface area (Å²) in [7, 11) is -3.85. The van der Waals surface area contributed by atoms with Gasteiger partial charge in [-0.1, -0.05) is 48.5 Å². The molecule has 1 aliphatic rings. The standard InChI is InChI=1S/C25H23N3O3S/c26-20-14-15-27(16-20)25(29)19-10-12-21(13-11-19)32(30,31)28-17-23(18-6-2-1-3-7-18)22-8-4-5-9-24(22)28/h1-13,17,20H,14-16,26H2/t20-/m0/s1. The first-order valence-corrected chi connectivity index (χ1v) is 11.9. The molecule has 1 aromatic heterocycles. The third-order valence-corrected chi connectivity index (χ3v) is 7.62. The molecule has 0 spiro atoms. The first-order chi connectivity index (χ1) is 15.4. The highest BCUT2D eigenvalue weighted by Crippen LogP contribution is 2.33. The Bertz CT molecular complexity index is 1390. The predicted octanol–water partition coefficient (Wildman–Crippen LogP) is 3.72. The van der Waals surface area contributed by atoms with Crippen molar-refractivity contribution >= 4 is 26.8 Å². The smallest absolute Gasteiger partial charge is 0.268 e. The second kappa shape index (κ2) is 7.93. The van der Waals surface area contributed by atoms with Crippen LogP contribution >= 0.6 is 0 Å². The number of nitrogens with zero attached hydrogens (tertiary/aromatic N) is 2. The highest BCUT2D eigenvalue weighted by Gasteiger charge is 2.26. The van der Waals surface area contributed by atoms with Crippen LogP contribution in [0.5, 0.6) is 0 Å². The minimum absolute atomic E-state index is 0.000525. The van der Waals surface area contributed by atoms with E-state index in [1.165, 1.54) is 16.1 Å². The molecule has 0 saturated carbocycles. The molecule has 4 aromatic rings. The number of hydrogen-bond acceptors (Lipinski definition) is 4. The van der Waals surface area contributed by atoms with Crippen LogP contribution in [-0.4, -0.2) is 42.3 Å². The van der Waals surface area contributed by atoms with Crippen molar-refractivity contribution in [2.45, 2.75) is 17.4 Å². The Morgan fingerprint density at radius 1 is 0.906 bits per heavy atom. The van der Waals surface area contributed by atoms with E-state index in [-0.39, 0.29) is 16.8 Å². The number of para-hydroxylation sites is 1. The van der Waals surface area contributed by atoms with Crippen LogP contribution in [0.15, 0.2) is 90.0 Å². The van der Waals surface area contributed by atoms with E-state index in [0.29, 0.717) is 24.2 Å². The number of amides is 1. The van der Waals surface area contributed by atoms with Crippen LogP contribution in [0.2, 0.25) is 0 Å². The molecule has 32 heavy (non-hydrogen) atoms. The van der Waals surface area contributed by atoms with Crippen molar-refractivity contribution in [1.29, 1.82) is 0 Å². The van der Waals surface area contributed by atoms with E-state index in [1.54, 1.807) is 29.3 Å². The Morgan fingerprint density at radius 2 is 1.59 bits per heavy atom. The summed E-state index contributed by atoms with van der Waals surface area (Å²) < 4.78 is 28.4. The van der Waals surface area contributed by atoms with Gasteiger partial charge in [-0.05, 0) is 42.3 Å². The fraction of sp³-hybridized carbons (Fsp3) is 0.160. The number of rotatable bonds is 4. The molecule has 1 fully saturated rings. The molecular weight excluding hydrogens is 422 g/mol. The molecular formula is C25H23N3O3S. The van der Waals surface area contributed by atoms with Gasteiger partial charge in [-0.3, -0.25) is 4.79 Å². The van der Waals surface area contributed by atoms with Crippen LogP contribution in [0.1, 0.15) is 16.8 Å². The zero-order chi connectivity index (χ0) is 22.3. The molecule has 1 atom stereocenters. The number of aromatic nitrogens is 1. The number of benzene rings is 3. The van der Waals surface area contributed by atoms with Gasteiger partial charge in [-0.25, -0.2) is 12.4 Å². The number of carbonyl (C=O) groups is 1. The lowest BCUT2D eigenvalue weighted by Crippen LogP contribution is -2.31. The second-order valence-electron chi connectivity index (χ2n) is 8.05. The summed E-state index contributed by atoms with van der Waals surface area (Å²) in [6, 6.07) is 23.3. The Morgan fingerprint density at radius 3 is 2.28 bits per heavy atom. The summed E-state index contributed by atoms with van der Waals surface area (Å²) in [6.07, 6.45) is 2.45. The van der Waals surface area contributed by atoms with Crippen LogP contribution in [0.3, 0.4) is 0 Å². The third kappa shape index (κ3) is 3.49. The maximum Gasteiger partial charge on any atom is 0.268 e. The molecule has 6 nitrogen and oxygen atoms in total. The van der Waals surface area contributed by atoms with Crippen molar-refractivity contribution < 1.29 is 13.2 Å². The zero-order valence-electron chi connectivity index (χ0n) is 17.4. The number of hydrogen-bond donors (Lipinski definition) is 1. The number of fused-ring (bicyclic) bond motifs is 1. The summed E-state index contributed by atoms with van der Waals surface area (Å²) in [6.45, 7) is 1.15. The molecule has 0 unspecified atom stereocenters. The predicted molar refractivity (Wildman–Crippen MR) is 125 cm³/mol. The maximum atomic E-state index is 13.5. The summed E-state index contributed by atoms with van der Waals surface area (Å²) in [4.78, 5) is 14.5. The van der Waals surface area contributed by atoms with Gasteiger partial charge in [0.05, 0.1) is 10.4 Å². The first-order valence-electron chi connectivity index (χ1n) is 10.5. The largest absolute Gasteiger partial charge is 0.337 e.